The number of carboxylic acids is 1. The molecule has 0 spiro atoms. The van der Waals surface area contributed by atoms with E-state index in [1.807, 2.05) is 6.08 Å². The zero-order valence-electron chi connectivity index (χ0n) is 14.4. The van der Waals surface area contributed by atoms with E-state index in [1.165, 1.54) is 31.4 Å². The number of aromatic nitrogens is 2. The molecule has 1 aromatic heterocycles. The van der Waals surface area contributed by atoms with Crippen LogP contribution in [0.25, 0.3) is 22.6 Å². The fraction of sp³-hybridized carbons (Fsp3) is 0.150. The van der Waals surface area contributed by atoms with E-state index in [-0.39, 0.29) is 22.6 Å². The van der Waals surface area contributed by atoms with Crippen LogP contribution in [-0.4, -0.2) is 27.7 Å². The smallest absolute Gasteiger partial charge is 0.335 e. The molecule has 0 amide bonds. The highest BCUT2D eigenvalue weighted by Crippen LogP contribution is 2.30. The average Bonchev–Trinajstić information content (AvgIpc) is 3.04. The molecule has 2 aromatic carbocycles. The minimum Gasteiger partial charge on any atom is -0.870 e. The summed E-state index contributed by atoms with van der Waals surface area (Å²) in [4.78, 5) is 28.4. The molecule has 0 radical (unpaired) electrons. The summed E-state index contributed by atoms with van der Waals surface area (Å²) in [6.07, 6.45) is 2.42. The van der Waals surface area contributed by atoms with Crippen LogP contribution in [0.4, 0.5) is 0 Å². The maximum atomic E-state index is 12.7. The van der Waals surface area contributed by atoms with Crippen molar-refractivity contribution >= 4 is 28.5 Å². The van der Waals surface area contributed by atoms with Gasteiger partial charge >= 0.3 is 5.97 Å². The van der Waals surface area contributed by atoms with Gasteiger partial charge in [-0.1, -0.05) is 17.9 Å². The van der Waals surface area contributed by atoms with E-state index in [4.69, 9.17) is 9.84 Å². The van der Waals surface area contributed by atoms with E-state index in [2.05, 4.69) is 4.98 Å². The van der Waals surface area contributed by atoms with Gasteiger partial charge in [0.05, 0.1) is 23.6 Å². The van der Waals surface area contributed by atoms with Gasteiger partial charge in [0.15, 0.2) is 0 Å². The number of hydrogen-bond donors (Lipinski definition) is 1. The van der Waals surface area contributed by atoms with Crippen LogP contribution in [-0.2, 0) is 6.54 Å². The molecule has 2 heterocycles. The van der Waals surface area contributed by atoms with Crippen LogP contribution in [0.1, 0.15) is 28.2 Å². The van der Waals surface area contributed by atoms with Crippen molar-refractivity contribution in [2.45, 2.75) is 13.0 Å². The molecule has 0 saturated heterocycles. The molecule has 1 N–H and O–H groups in total. The summed E-state index contributed by atoms with van der Waals surface area (Å²) in [5, 5.41) is 21.5. The number of ether oxygens (including phenoxy) is 1. The summed E-state index contributed by atoms with van der Waals surface area (Å²) in [5.74, 6) is -0.528. The van der Waals surface area contributed by atoms with Gasteiger partial charge in [-0.15, -0.1) is 0 Å². The lowest BCUT2D eigenvalue weighted by molar-refractivity contribution is -0.270. The Morgan fingerprint density at radius 1 is 1.30 bits per heavy atom. The van der Waals surface area contributed by atoms with Gasteiger partial charge in [-0.05, 0) is 47.9 Å². The molecule has 3 aromatic rings. The van der Waals surface area contributed by atoms with Crippen LogP contribution in [0.3, 0.4) is 0 Å². The Bertz CT molecular complexity index is 1180. The van der Waals surface area contributed by atoms with Gasteiger partial charge in [-0.2, -0.15) is 0 Å². The standard InChI is InChI=1S/C20H16N2O5/c1-27-17-5-2-11(9-16(17)23)8-12-6-7-22-18(12)21-15-10-13(20(25)26)3-4-14(15)19(22)24/h2-5,8-10,23H,6-7H2,1H3,(H,25,26)/p-1/b12-8+. The van der Waals surface area contributed by atoms with Crippen molar-refractivity contribution in [1.82, 2.24) is 9.55 Å². The van der Waals surface area contributed by atoms with Crippen molar-refractivity contribution in [1.29, 1.82) is 0 Å². The lowest BCUT2D eigenvalue weighted by Crippen LogP contribution is -2.21. The number of fused-ring (bicyclic) bond motifs is 2. The third kappa shape index (κ3) is 2.83. The van der Waals surface area contributed by atoms with Crippen LogP contribution >= 0.6 is 0 Å². The Hall–Kier alpha value is -3.61. The Balaban J connectivity index is 1.85. The van der Waals surface area contributed by atoms with E-state index in [9.17, 15) is 14.7 Å². The Labute approximate surface area is 153 Å². The van der Waals surface area contributed by atoms with Crippen molar-refractivity contribution in [2.24, 2.45) is 0 Å². The molecule has 0 unspecified atom stereocenters. The summed E-state index contributed by atoms with van der Waals surface area (Å²) in [6, 6.07) is 9.13. The largest absolute Gasteiger partial charge is 0.870 e. The molecule has 0 bridgehead atoms. The third-order valence-electron chi connectivity index (χ3n) is 4.62. The Kier molecular flexibility index (Phi) is 3.92. The molecule has 0 atom stereocenters. The first-order valence-electron chi connectivity index (χ1n) is 8.32. The Morgan fingerprint density at radius 3 is 2.81 bits per heavy atom. The molecule has 136 valence electrons. The van der Waals surface area contributed by atoms with Gasteiger partial charge < -0.3 is 14.9 Å². The van der Waals surface area contributed by atoms with Crippen molar-refractivity contribution in [3.05, 3.63) is 63.7 Å². The SMILES string of the molecule is COc1ccc(/C=C2\CCn3c2nc2cc(C(=O)O)ccc2c3=O)cc1[O-]. The number of allylic oxidation sites excluding steroid dienone is 1. The van der Waals surface area contributed by atoms with E-state index in [1.54, 1.807) is 16.7 Å². The highest BCUT2D eigenvalue weighted by molar-refractivity contribution is 5.93. The molecule has 7 heteroatoms. The van der Waals surface area contributed by atoms with Gasteiger partial charge in [-0.3, -0.25) is 9.36 Å². The predicted octanol–water partition coefficient (Wildman–Crippen LogP) is 2.12. The second kappa shape index (κ2) is 6.28. The number of hydrogen-bond acceptors (Lipinski definition) is 5. The number of carboxylic acid groups (broad SMARTS) is 1. The number of methoxy groups -OCH3 is 1. The molecule has 0 saturated carbocycles. The minimum atomic E-state index is -1.07. The van der Waals surface area contributed by atoms with Crippen molar-refractivity contribution in [3.8, 4) is 11.5 Å². The van der Waals surface area contributed by atoms with Gasteiger partial charge in [0, 0.05) is 6.54 Å². The molecule has 27 heavy (non-hydrogen) atoms. The summed E-state index contributed by atoms with van der Waals surface area (Å²) in [7, 11) is 1.44. The first kappa shape index (κ1) is 16.8. The lowest BCUT2D eigenvalue weighted by Gasteiger charge is -2.12. The summed E-state index contributed by atoms with van der Waals surface area (Å²) in [6.45, 7) is 0.490. The van der Waals surface area contributed by atoms with Crippen molar-refractivity contribution in [3.63, 3.8) is 0 Å². The van der Waals surface area contributed by atoms with Gasteiger partial charge in [-0.25, -0.2) is 9.78 Å². The highest BCUT2D eigenvalue weighted by atomic mass is 16.5. The van der Waals surface area contributed by atoms with E-state index in [0.29, 0.717) is 35.3 Å². The van der Waals surface area contributed by atoms with E-state index in [0.717, 1.165) is 5.57 Å². The number of carbonyl (C=O) groups is 1. The second-order valence-electron chi connectivity index (χ2n) is 6.26. The normalized spacial score (nSPS) is 14.5. The quantitative estimate of drug-likeness (QED) is 0.764. The summed E-state index contributed by atoms with van der Waals surface area (Å²) < 4.78 is 6.56. The molecule has 4 rings (SSSR count). The highest BCUT2D eigenvalue weighted by Gasteiger charge is 2.21. The summed E-state index contributed by atoms with van der Waals surface area (Å²) in [5.41, 5.74) is 1.74. The molecular formula is C20H15N2O5-. The first-order valence-corrected chi connectivity index (χ1v) is 8.32. The molecule has 1 aliphatic rings. The number of nitrogens with zero attached hydrogens (tertiary/aromatic N) is 2. The fourth-order valence-electron chi connectivity index (χ4n) is 3.27. The summed E-state index contributed by atoms with van der Waals surface area (Å²) >= 11 is 0. The number of aromatic carboxylic acids is 1. The van der Waals surface area contributed by atoms with Gasteiger partial charge in [0.1, 0.15) is 11.6 Å². The number of rotatable bonds is 3. The maximum absolute atomic E-state index is 12.7. The number of benzene rings is 2. The predicted molar refractivity (Wildman–Crippen MR) is 97.9 cm³/mol. The monoisotopic (exact) mass is 363 g/mol. The molecule has 0 fully saturated rings. The van der Waals surface area contributed by atoms with Crippen molar-refractivity contribution in [2.75, 3.05) is 7.11 Å². The van der Waals surface area contributed by atoms with Crippen LogP contribution < -0.4 is 15.4 Å². The molecule has 0 aliphatic carbocycles. The minimum absolute atomic E-state index is 0.0778. The zero-order chi connectivity index (χ0) is 19.1. The third-order valence-corrected chi connectivity index (χ3v) is 4.62. The fourth-order valence-corrected chi connectivity index (χ4v) is 3.27. The maximum Gasteiger partial charge on any atom is 0.335 e. The Morgan fingerprint density at radius 2 is 2.11 bits per heavy atom. The molecular weight excluding hydrogens is 348 g/mol. The van der Waals surface area contributed by atoms with Gasteiger partial charge in [0.25, 0.3) is 5.56 Å². The van der Waals surface area contributed by atoms with Crippen LogP contribution in [0.2, 0.25) is 0 Å². The molecule has 7 nitrogen and oxygen atoms in total. The van der Waals surface area contributed by atoms with Crippen LogP contribution in [0.5, 0.6) is 11.5 Å². The topological polar surface area (TPSA) is 104 Å². The second-order valence-corrected chi connectivity index (χ2v) is 6.26. The zero-order valence-corrected chi connectivity index (χ0v) is 14.4. The lowest BCUT2D eigenvalue weighted by atomic mass is 10.1. The van der Waals surface area contributed by atoms with Crippen LogP contribution in [0.15, 0.2) is 41.2 Å². The molecule has 1 aliphatic heterocycles. The first-order chi connectivity index (χ1) is 13.0. The van der Waals surface area contributed by atoms with Crippen LogP contribution in [0, 0.1) is 0 Å². The van der Waals surface area contributed by atoms with E-state index < -0.39 is 5.97 Å². The van der Waals surface area contributed by atoms with E-state index >= 15 is 0 Å². The van der Waals surface area contributed by atoms with Crippen molar-refractivity contribution < 1.29 is 19.7 Å². The van der Waals surface area contributed by atoms with Gasteiger partial charge in [0.2, 0.25) is 0 Å². The average molecular weight is 363 g/mol.